The molecule has 0 spiro atoms. The fraction of sp³-hybridized carbons (Fsp3) is 0.111. The summed E-state index contributed by atoms with van der Waals surface area (Å²) in [6, 6.07) is 17.5. The Hall–Kier alpha value is -2.18. The molecule has 6 heteroatoms. The van der Waals surface area contributed by atoms with E-state index in [4.69, 9.17) is 4.74 Å². The lowest BCUT2D eigenvalue weighted by atomic mass is 10.1. The fourth-order valence-electron chi connectivity index (χ4n) is 2.19. The predicted molar refractivity (Wildman–Crippen MR) is 102 cm³/mol. The third kappa shape index (κ3) is 4.01. The van der Waals surface area contributed by atoms with Crippen LogP contribution in [0.15, 0.2) is 63.5 Å². The summed E-state index contributed by atoms with van der Waals surface area (Å²) < 4.78 is 6.82. The van der Waals surface area contributed by atoms with Crippen LogP contribution in [0.5, 0.6) is 5.75 Å². The summed E-state index contributed by atoms with van der Waals surface area (Å²) in [4.78, 5) is 13.1. The molecule has 0 unspecified atom stereocenters. The second kappa shape index (κ2) is 7.59. The monoisotopic (exact) mass is 402 g/mol. The minimum absolute atomic E-state index is 0.296. The topological polar surface area (TPSA) is 50.7 Å². The van der Waals surface area contributed by atoms with Crippen molar-refractivity contribution in [2.24, 2.45) is 5.10 Å². The van der Waals surface area contributed by atoms with Crippen LogP contribution < -0.4 is 10.2 Å². The molecule has 0 saturated heterocycles. The molecule has 122 valence electrons. The van der Waals surface area contributed by atoms with E-state index in [-0.39, 0.29) is 5.91 Å². The molecule has 0 aliphatic carbocycles. The third-order valence-corrected chi connectivity index (χ3v) is 4.94. The van der Waals surface area contributed by atoms with Gasteiger partial charge in [-0.3, -0.25) is 4.79 Å². The predicted octanol–water partition coefficient (Wildman–Crippen LogP) is 4.58. The van der Waals surface area contributed by atoms with E-state index in [1.807, 2.05) is 54.6 Å². The first-order chi connectivity index (χ1) is 11.6. The van der Waals surface area contributed by atoms with E-state index in [0.29, 0.717) is 5.75 Å². The zero-order chi connectivity index (χ0) is 16.9. The van der Waals surface area contributed by atoms with Crippen molar-refractivity contribution in [2.45, 2.75) is 13.0 Å². The second-order valence-electron chi connectivity index (χ2n) is 5.11. The van der Waals surface area contributed by atoms with Gasteiger partial charge in [0.2, 0.25) is 0 Å². The number of thiophene rings is 1. The number of halogens is 1. The zero-order valence-electron chi connectivity index (χ0n) is 12.9. The molecule has 1 heterocycles. The van der Waals surface area contributed by atoms with Crippen LogP contribution in [0, 0.1) is 0 Å². The van der Waals surface area contributed by atoms with Crippen LogP contribution in [0.1, 0.15) is 11.8 Å². The lowest BCUT2D eigenvalue weighted by Gasteiger charge is -2.14. The zero-order valence-corrected chi connectivity index (χ0v) is 15.3. The number of fused-ring (bicyclic) bond motifs is 1. The third-order valence-electron chi connectivity index (χ3n) is 3.38. The molecule has 1 N–H and O–H groups in total. The maximum absolute atomic E-state index is 12.1. The molecule has 1 atom stereocenters. The number of carbonyl (C=O) groups excluding carboxylic acids is 1. The maximum atomic E-state index is 12.1. The molecule has 0 aliphatic heterocycles. The van der Waals surface area contributed by atoms with Crippen LogP contribution in [0.4, 0.5) is 0 Å². The molecule has 3 rings (SSSR count). The van der Waals surface area contributed by atoms with E-state index in [9.17, 15) is 4.79 Å². The van der Waals surface area contributed by atoms with Crippen molar-refractivity contribution in [1.82, 2.24) is 5.43 Å². The Morgan fingerprint density at radius 3 is 2.79 bits per heavy atom. The first-order valence-corrected chi connectivity index (χ1v) is 8.97. The normalized spacial score (nSPS) is 12.4. The van der Waals surface area contributed by atoms with E-state index in [0.717, 1.165) is 19.4 Å². The number of hydrogen-bond acceptors (Lipinski definition) is 4. The molecule has 2 aromatic carbocycles. The van der Waals surface area contributed by atoms with Crippen LogP contribution in [0.25, 0.3) is 10.8 Å². The minimum atomic E-state index is -0.650. The van der Waals surface area contributed by atoms with Gasteiger partial charge in [-0.05, 0) is 46.4 Å². The number of nitrogens with one attached hydrogen (secondary N) is 1. The average molecular weight is 403 g/mol. The number of hydrazone groups is 1. The number of ether oxygens (including phenoxy) is 1. The highest BCUT2D eigenvalue weighted by Crippen LogP contribution is 2.26. The lowest BCUT2D eigenvalue weighted by Crippen LogP contribution is -2.33. The molecular formula is C18H15BrN2O2S. The quantitative estimate of drug-likeness (QED) is 0.501. The Labute approximate surface area is 152 Å². The van der Waals surface area contributed by atoms with Crippen molar-refractivity contribution in [3.8, 4) is 5.75 Å². The van der Waals surface area contributed by atoms with Crippen molar-refractivity contribution < 1.29 is 9.53 Å². The molecule has 0 aliphatic rings. The molecule has 0 saturated carbocycles. The van der Waals surface area contributed by atoms with Gasteiger partial charge >= 0.3 is 0 Å². The smallest absolute Gasteiger partial charge is 0.280 e. The van der Waals surface area contributed by atoms with Crippen LogP contribution >= 0.6 is 27.3 Å². The van der Waals surface area contributed by atoms with E-state index >= 15 is 0 Å². The molecule has 1 amide bonds. The van der Waals surface area contributed by atoms with Gasteiger partial charge in [0.1, 0.15) is 5.75 Å². The Bertz CT molecular complexity index is 886. The summed E-state index contributed by atoms with van der Waals surface area (Å²) in [7, 11) is 0. The van der Waals surface area contributed by atoms with E-state index in [1.54, 1.807) is 13.1 Å². The van der Waals surface area contributed by atoms with Crippen LogP contribution in [-0.4, -0.2) is 18.2 Å². The highest BCUT2D eigenvalue weighted by molar-refractivity contribution is 9.11. The van der Waals surface area contributed by atoms with Crippen LogP contribution in [0.3, 0.4) is 0 Å². The number of rotatable bonds is 5. The van der Waals surface area contributed by atoms with Crippen molar-refractivity contribution in [3.05, 3.63) is 63.3 Å². The van der Waals surface area contributed by atoms with Gasteiger partial charge < -0.3 is 4.74 Å². The summed E-state index contributed by atoms with van der Waals surface area (Å²) in [5, 5.41) is 6.02. The van der Waals surface area contributed by atoms with Gasteiger partial charge in [0.05, 0.1) is 10.0 Å². The molecule has 1 aromatic heterocycles. The summed E-state index contributed by atoms with van der Waals surface area (Å²) in [5.41, 5.74) is 2.51. The van der Waals surface area contributed by atoms with Gasteiger partial charge in [-0.25, -0.2) is 5.43 Å². The van der Waals surface area contributed by atoms with Crippen LogP contribution in [0.2, 0.25) is 0 Å². The van der Waals surface area contributed by atoms with Gasteiger partial charge in [0.25, 0.3) is 5.91 Å². The summed E-state index contributed by atoms with van der Waals surface area (Å²) in [6.07, 6.45) is 0.959. The van der Waals surface area contributed by atoms with Gasteiger partial charge in [-0.2, -0.15) is 5.10 Å². The Kier molecular flexibility index (Phi) is 5.27. The van der Waals surface area contributed by atoms with Gasteiger partial charge in [0.15, 0.2) is 6.10 Å². The first kappa shape index (κ1) is 16.7. The van der Waals surface area contributed by atoms with E-state index in [2.05, 4.69) is 26.5 Å². The van der Waals surface area contributed by atoms with Gasteiger partial charge in [0, 0.05) is 10.3 Å². The van der Waals surface area contributed by atoms with E-state index in [1.165, 1.54) is 11.3 Å². The van der Waals surface area contributed by atoms with E-state index < -0.39 is 6.10 Å². The van der Waals surface area contributed by atoms with Crippen molar-refractivity contribution in [3.63, 3.8) is 0 Å². The molecule has 4 nitrogen and oxygen atoms in total. The summed E-state index contributed by atoms with van der Waals surface area (Å²) in [6.45, 7) is 1.70. The summed E-state index contributed by atoms with van der Waals surface area (Å²) in [5.74, 6) is 0.386. The fourth-order valence-corrected chi connectivity index (χ4v) is 3.49. The SMILES string of the molecule is C[C@@H](Oc1cccc2ccccc12)C(=O)N/N=C\c1ccc(Br)s1. The number of carbonyl (C=O) groups is 1. The van der Waals surface area contributed by atoms with Gasteiger partial charge in [-0.15, -0.1) is 11.3 Å². The lowest BCUT2D eigenvalue weighted by molar-refractivity contribution is -0.127. The molecule has 24 heavy (non-hydrogen) atoms. The maximum Gasteiger partial charge on any atom is 0.280 e. The number of amides is 1. The Balaban J connectivity index is 1.64. The Morgan fingerprint density at radius 1 is 1.21 bits per heavy atom. The number of hydrogen-bond donors (Lipinski definition) is 1. The van der Waals surface area contributed by atoms with Crippen molar-refractivity contribution in [2.75, 3.05) is 0 Å². The Morgan fingerprint density at radius 2 is 2.00 bits per heavy atom. The highest BCUT2D eigenvalue weighted by atomic mass is 79.9. The van der Waals surface area contributed by atoms with Gasteiger partial charge in [-0.1, -0.05) is 36.4 Å². The molecular weight excluding hydrogens is 388 g/mol. The average Bonchev–Trinajstić information content (AvgIpc) is 3.00. The first-order valence-electron chi connectivity index (χ1n) is 7.36. The number of benzene rings is 2. The molecule has 3 aromatic rings. The largest absolute Gasteiger partial charge is 0.480 e. The highest BCUT2D eigenvalue weighted by Gasteiger charge is 2.15. The number of nitrogens with zero attached hydrogens (tertiary/aromatic N) is 1. The standard InChI is InChI=1S/C18H15BrN2O2S/c1-12(18(22)21-20-11-14-9-10-17(19)24-14)23-16-8-4-6-13-5-2-3-7-15(13)16/h2-12H,1H3,(H,21,22)/b20-11-/t12-/m1/s1. The molecule has 0 bridgehead atoms. The molecule has 0 radical (unpaired) electrons. The molecule has 0 fully saturated rings. The van der Waals surface area contributed by atoms with Crippen molar-refractivity contribution >= 4 is 50.2 Å². The second-order valence-corrected chi connectivity index (χ2v) is 7.61. The van der Waals surface area contributed by atoms with Crippen LogP contribution in [-0.2, 0) is 4.79 Å². The van der Waals surface area contributed by atoms with Crippen molar-refractivity contribution in [1.29, 1.82) is 0 Å². The summed E-state index contributed by atoms with van der Waals surface area (Å²) >= 11 is 4.92. The minimum Gasteiger partial charge on any atom is -0.480 e.